The lowest BCUT2D eigenvalue weighted by Gasteiger charge is -2.04. The zero-order valence-electron chi connectivity index (χ0n) is 10.5. The van der Waals surface area contributed by atoms with Crippen molar-refractivity contribution in [3.05, 3.63) is 0 Å². The number of hydrogen-bond acceptors (Lipinski definition) is 4. The Bertz CT molecular complexity index is 240. The van der Waals surface area contributed by atoms with E-state index in [0.717, 1.165) is 19.5 Å². The van der Waals surface area contributed by atoms with E-state index in [2.05, 4.69) is 11.6 Å². The van der Waals surface area contributed by atoms with E-state index in [-0.39, 0.29) is 5.75 Å². The van der Waals surface area contributed by atoms with E-state index in [0.29, 0.717) is 5.75 Å². The lowest BCUT2D eigenvalue weighted by Crippen LogP contribution is -2.20. The van der Waals surface area contributed by atoms with Crippen molar-refractivity contribution < 1.29 is 8.42 Å². The summed E-state index contributed by atoms with van der Waals surface area (Å²) in [4.78, 5) is 0. The maximum absolute atomic E-state index is 11.2. The van der Waals surface area contributed by atoms with E-state index in [1.807, 2.05) is 11.8 Å². The van der Waals surface area contributed by atoms with Crippen LogP contribution in [0.1, 0.15) is 32.6 Å². The summed E-state index contributed by atoms with van der Waals surface area (Å²) in [5.74, 6) is 1.83. The van der Waals surface area contributed by atoms with Crippen molar-refractivity contribution in [1.29, 1.82) is 0 Å². The van der Waals surface area contributed by atoms with E-state index in [4.69, 9.17) is 0 Å². The zero-order valence-corrected chi connectivity index (χ0v) is 12.1. The third kappa shape index (κ3) is 10.8. The van der Waals surface area contributed by atoms with Gasteiger partial charge in [0.2, 0.25) is 0 Å². The van der Waals surface area contributed by atoms with Crippen molar-refractivity contribution >= 4 is 21.6 Å². The van der Waals surface area contributed by atoms with Gasteiger partial charge in [0.05, 0.1) is 5.75 Å². The number of thioether (sulfide) groups is 1. The molecule has 16 heavy (non-hydrogen) atoms. The molecule has 0 atom stereocenters. The highest BCUT2D eigenvalue weighted by Gasteiger charge is 2.05. The Balaban J connectivity index is 3.16. The summed E-state index contributed by atoms with van der Waals surface area (Å²) in [6.45, 7) is 3.54. The van der Waals surface area contributed by atoms with Crippen molar-refractivity contribution in [1.82, 2.24) is 5.32 Å². The van der Waals surface area contributed by atoms with Crippen LogP contribution in [0.3, 0.4) is 0 Å². The first-order valence-electron chi connectivity index (χ1n) is 6.02. The average Bonchev–Trinajstić information content (AvgIpc) is 2.27. The molecule has 0 saturated carbocycles. The highest BCUT2D eigenvalue weighted by molar-refractivity contribution is 7.98. The van der Waals surface area contributed by atoms with Gasteiger partial charge in [-0.2, -0.15) is 11.8 Å². The molecule has 0 rings (SSSR count). The standard InChI is InChI=1S/C11H25NO2S2/c1-3-16(13,14)11-7-9-12-8-5-4-6-10-15-2/h12H,3-11H2,1-2H3. The predicted molar refractivity (Wildman–Crippen MR) is 74.0 cm³/mol. The number of sulfone groups is 1. The largest absolute Gasteiger partial charge is 0.317 e. The fourth-order valence-corrected chi connectivity index (χ4v) is 2.73. The van der Waals surface area contributed by atoms with Gasteiger partial charge in [-0.1, -0.05) is 13.3 Å². The maximum atomic E-state index is 11.2. The molecule has 0 unspecified atom stereocenters. The van der Waals surface area contributed by atoms with Gasteiger partial charge in [0, 0.05) is 5.75 Å². The molecule has 0 saturated heterocycles. The molecule has 0 spiro atoms. The fourth-order valence-electron chi connectivity index (χ4n) is 1.36. The van der Waals surface area contributed by atoms with Gasteiger partial charge in [-0.3, -0.25) is 0 Å². The molecule has 0 aromatic heterocycles. The van der Waals surface area contributed by atoms with Gasteiger partial charge in [-0.15, -0.1) is 0 Å². The van der Waals surface area contributed by atoms with Crippen LogP contribution < -0.4 is 5.32 Å². The topological polar surface area (TPSA) is 46.2 Å². The quantitative estimate of drug-likeness (QED) is 0.581. The van der Waals surface area contributed by atoms with Gasteiger partial charge >= 0.3 is 0 Å². The number of unbranched alkanes of at least 4 members (excludes halogenated alkanes) is 2. The molecular weight excluding hydrogens is 242 g/mol. The zero-order chi connectivity index (χ0) is 12.3. The maximum Gasteiger partial charge on any atom is 0.150 e. The lowest BCUT2D eigenvalue weighted by atomic mass is 10.2. The summed E-state index contributed by atoms with van der Waals surface area (Å²) >= 11 is 1.89. The Morgan fingerprint density at radius 3 is 2.38 bits per heavy atom. The number of rotatable bonds is 11. The van der Waals surface area contributed by atoms with Crippen molar-refractivity contribution in [2.45, 2.75) is 32.6 Å². The summed E-state index contributed by atoms with van der Waals surface area (Å²) in [6.07, 6.45) is 6.61. The highest BCUT2D eigenvalue weighted by Crippen LogP contribution is 2.01. The molecule has 1 N–H and O–H groups in total. The van der Waals surface area contributed by atoms with E-state index in [1.54, 1.807) is 6.92 Å². The molecule has 5 heteroatoms. The Morgan fingerprint density at radius 2 is 1.75 bits per heavy atom. The molecular formula is C11H25NO2S2. The van der Waals surface area contributed by atoms with Gasteiger partial charge < -0.3 is 5.32 Å². The van der Waals surface area contributed by atoms with Crippen molar-refractivity contribution in [3.8, 4) is 0 Å². The van der Waals surface area contributed by atoms with Crippen LogP contribution in [-0.4, -0.2) is 45.0 Å². The van der Waals surface area contributed by atoms with Crippen molar-refractivity contribution in [3.63, 3.8) is 0 Å². The second kappa shape index (κ2) is 10.4. The Labute approximate surface area is 105 Å². The molecule has 0 fully saturated rings. The second-order valence-electron chi connectivity index (χ2n) is 3.89. The van der Waals surface area contributed by atoms with Crippen LogP contribution >= 0.6 is 11.8 Å². The van der Waals surface area contributed by atoms with Crippen LogP contribution in [0.2, 0.25) is 0 Å². The van der Waals surface area contributed by atoms with Crippen LogP contribution in [0.15, 0.2) is 0 Å². The molecule has 0 aliphatic rings. The van der Waals surface area contributed by atoms with E-state index in [9.17, 15) is 8.42 Å². The first-order chi connectivity index (χ1) is 7.62. The highest BCUT2D eigenvalue weighted by atomic mass is 32.2. The molecule has 0 amide bonds. The second-order valence-corrected chi connectivity index (χ2v) is 7.35. The summed E-state index contributed by atoms with van der Waals surface area (Å²) in [7, 11) is -2.77. The van der Waals surface area contributed by atoms with E-state index < -0.39 is 9.84 Å². The first kappa shape index (κ1) is 16.3. The SMILES string of the molecule is CCS(=O)(=O)CCCNCCCCCSC. The Hall–Kier alpha value is 0.260. The van der Waals surface area contributed by atoms with Gasteiger partial charge in [-0.25, -0.2) is 8.42 Å². The summed E-state index contributed by atoms with van der Waals surface area (Å²) < 4.78 is 22.4. The summed E-state index contributed by atoms with van der Waals surface area (Å²) in [6, 6.07) is 0. The van der Waals surface area contributed by atoms with E-state index in [1.165, 1.54) is 25.0 Å². The van der Waals surface area contributed by atoms with Gasteiger partial charge in [0.15, 0.2) is 0 Å². The first-order valence-corrected chi connectivity index (χ1v) is 9.24. The molecule has 0 bridgehead atoms. The molecule has 3 nitrogen and oxygen atoms in total. The minimum atomic E-state index is -2.77. The molecule has 0 aromatic carbocycles. The lowest BCUT2D eigenvalue weighted by molar-refractivity contribution is 0.584. The summed E-state index contributed by atoms with van der Waals surface area (Å²) in [5.41, 5.74) is 0. The van der Waals surface area contributed by atoms with Crippen LogP contribution in [-0.2, 0) is 9.84 Å². The Morgan fingerprint density at radius 1 is 1.06 bits per heavy atom. The molecule has 0 radical (unpaired) electrons. The molecule has 98 valence electrons. The van der Waals surface area contributed by atoms with Gasteiger partial charge in [0.1, 0.15) is 9.84 Å². The average molecular weight is 267 g/mol. The number of hydrogen-bond donors (Lipinski definition) is 1. The van der Waals surface area contributed by atoms with Crippen LogP contribution in [0.25, 0.3) is 0 Å². The minimum Gasteiger partial charge on any atom is -0.317 e. The molecule has 0 heterocycles. The smallest absolute Gasteiger partial charge is 0.150 e. The van der Waals surface area contributed by atoms with Crippen LogP contribution in [0.4, 0.5) is 0 Å². The van der Waals surface area contributed by atoms with Crippen molar-refractivity contribution in [2.24, 2.45) is 0 Å². The summed E-state index contributed by atoms with van der Waals surface area (Å²) in [5, 5.41) is 3.29. The number of nitrogens with one attached hydrogen (secondary N) is 1. The molecule has 0 aliphatic heterocycles. The third-order valence-corrected chi connectivity index (χ3v) is 4.94. The predicted octanol–water partition coefficient (Wildman–Crippen LogP) is 1.93. The van der Waals surface area contributed by atoms with Crippen LogP contribution in [0.5, 0.6) is 0 Å². The van der Waals surface area contributed by atoms with Crippen LogP contribution in [0, 0.1) is 0 Å². The minimum absolute atomic E-state index is 0.266. The third-order valence-electron chi connectivity index (χ3n) is 2.45. The van der Waals surface area contributed by atoms with E-state index >= 15 is 0 Å². The van der Waals surface area contributed by atoms with Gasteiger partial charge in [0.25, 0.3) is 0 Å². The van der Waals surface area contributed by atoms with Gasteiger partial charge in [-0.05, 0) is 44.4 Å². The molecule has 0 aliphatic carbocycles. The molecule has 0 aromatic rings. The monoisotopic (exact) mass is 267 g/mol. The van der Waals surface area contributed by atoms with Crippen molar-refractivity contribution in [2.75, 3.05) is 36.6 Å². The Kier molecular flexibility index (Phi) is 10.6. The fraction of sp³-hybridized carbons (Fsp3) is 1.00. The normalized spacial score (nSPS) is 11.9.